The molecule has 0 fully saturated rings. The summed E-state index contributed by atoms with van der Waals surface area (Å²) in [7, 11) is -2.65. The van der Waals surface area contributed by atoms with E-state index in [2.05, 4.69) is 14.7 Å². The Morgan fingerprint density at radius 1 is 1.14 bits per heavy atom. The Hall–Kier alpha value is -1.28. The second kappa shape index (κ2) is 6.45. The van der Waals surface area contributed by atoms with Gasteiger partial charge >= 0.3 is 0 Å². The van der Waals surface area contributed by atoms with Gasteiger partial charge in [-0.25, -0.2) is 13.4 Å². The van der Waals surface area contributed by atoms with E-state index in [1.165, 1.54) is 19.2 Å². The van der Waals surface area contributed by atoms with Gasteiger partial charge < -0.3 is 4.74 Å². The quantitative estimate of drug-likeness (QED) is 0.874. The topological polar surface area (TPSA) is 81.2 Å². The second-order valence-corrected chi connectivity index (χ2v) is 6.91. The Morgan fingerprint density at radius 2 is 1.77 bits per heavy atom. The highest BCUT2D eigenvalue weighted by atomic mass is 35.5. The van der Waals surface area contributed by atoms with Gasteiger partial charge in [0.1, 0.15) is 0 Å². The van der Waals surface area contributed by atoms with Crippen LogP contribution in [0.25, 0.3) is 0 Å². The normalized spacial score (nSPS) is 11.3. The van der Waals surface area contributed by atoms with E-state index in [1.54, 1.807) is 13.0 Å². The van der Waals surface area contributed by atoms with Gasteiger partial charge in [-0.3, -0.25) is 4.72 Å². The van der Waals surface area contributed by atoms with E-state index in [1.807, 2.05) is 0 Å². The Labute approximate surface area is 142 Å². The number of rotatable bonds is 4. The molecule has 0 amide bonds. The molecular weight excluding hydrogens is 373 g/mol. The van der Waals surface area contributed by atoms with Crippen LogP contribution in [0.2, 0.25) is 15.3 Å². The van der Waals surface area contributed by atoms with Gasteiger partial charge in [0, 0.05) is 5.02 Å². The number of sulfonamides is 1. The highest BCUT2D eigenvalue weighted by molar-refractivity contribution is 7.92. The van der Waals surface area contributed by atoms with E-state index >= 15 is 0 Å². The summed E-state index contributed by atoms with van der Waals surface area (Å²) in [4.78, 5) is 7.64. The maximum atomic E-state index is 12.5. The van der Waals surface area contributed by atoms with Crippen molar-refractivity contribution in [2.24, 2.45) is 0 Å². The number of anilines is 1. The van der Waals surface area contributed by atoms with E-state index in [-0.39, 0.29) is 26.9 Å². The molecule has 0 saturated heterocycles. The van der Waals surface area contributed by atoms with Crippen LogP contribution in [0.5, 0.6) is 5.88 Å². The number of hydrogen-bond donors (Lipinski definition) is 1. The zero-order chi connectivity index (χ0) is 16.5. The number of ether oxygens (including phenoxy) is 1. The first-order valence-corrected chi connectivity index (χ1v) is 8.43. The number of halogens is 3. The minimum absolute atomic E-state index is 0.00919. The lowest BCUT2D eigenvalue weighted by Crippen LogP contribution is -2.16. The van der Waals surface area contributed by atoms with Crippen molar-refractivity contribution in [2.45, 2.75) is 11.8 Å². The summed E-state index contributed by atoms with van der Waals surface area (Å²) in [5, 5.41) is 0.0819. The van der Waals surface area contributed by atoms with Crippen molar-refractivity contribution >= 4 is 50.6 Å². The molecule has 0 saturated carbocycles. The number of nitrogens with zero attached hydrogens (tertiary/aromatic N) is 2. The number of methoxy groups -OCH3 is 1. The molecule has 0 aliphatic heterocycles. The maximum absolute atomic E-state index is 12.5. The summed E-state index contributed by atoms with van der Waals surface area (Å²) in [6.45, 7) is 1.59. The van der Waals surface area contributed by atoms with Gasteiger partial charge in [-0.15, -0.1) is 0 Å². The maximum Gasteiger partial charge on any atom is 0.263 e. The van der Waals surface area contributed by atoms with Crippen LogP contribution in [0, 0.1) is 6.92 Å². The molecule has 1 heterocycles. The fourth-order valence-corrected chi connectivity index (χ4v) is 3.39. The third-order valence-corrected chi connectivity index (χ3v) is 5.23. The molecule has 1 aromatic carbocycles. The summed E-state index contributed by atoms with van der Waals surface area (Å²) in [5.41, 5.74) is 0.406. The van der Waals surface area contributed by atoms with Crippen molar-refractivity contribution in [3.63, 3.8) is 0 Å². The molecule has 2 aromatic rings. The Kier molecular flexibility index (Phi) is 5.01. The summed E-state index contributed by atoms with van der Waals surface area (Å²) in [6, 6.07) is 4.54. The summed E-state index contributed by atoms with van der Waals surface area (Å²) in [5.74, 6) is -0.270. The molecule has 1 N–H and O–H groups in total. The molecule has 118 valence electrons. The van der Waals surface area contributed by atoms with E-state index in [0.717, 1.165) is 0 Å². The highest BCUT2D eigenvalue weighted by Crippen LogP contribution is 2.30. The van der Waals surface area contributed by atoms with Gasteiger partial charge in [0.05, 0.1) is 12.0 Å². The van der Waals surface area contributed by atoms with Gasteiger partial charge in [0.2, 0.25) is 5.82 Å². The zero-order valence-electron chi connectivity index (χ0n) is 11.4. The van der Waals surface area contributed by atoms with Crippen LogP contribution in [-0.2, 0) is 10.0 Å². The molecule has 0 bridgehead atoms. The van der Waals surface area contributed by atoms with E-state index in [0.29, 0.717) is 10.6 Å². The van der Waals surface area contributed by atoms with Crippen molar-refractivity contribution in [1.82, 2.24) is 9.97 Å². The molecule has 0 atom stereocenters. The molecule has 0 unspecified atom stereocenters. The molecule has 10 heteroatoms. The summed E-state index contributed by atoms with van der Waals surface area (Å²) in [6.07, 6.45) is 0. The minimum atomic E-state index is -3.95. The van der Waals surface area contributed by atoms with Crippen molar-refractivity contribution in [1.29, 1.82) is 0 Å². The van der Waals surface area contributed by atoms with Gasteiger partial charge in [-0.2, -0.15) is 4.98 Å². The van der Waals surface area contributed by atoms with Crippen LogP contribution >= 0.6 is 34.8 Å². The van der Waals surface area contributed by atoms with Crippen molar-refractivity contribution in [2.75, 3.05) is 11.8 Å². The Balaban J connectivity index is 2.50. The van der Waals surface area contributed by atoms with Gasteiger partial charge in [0.15, 0.2) is 10.3 Å². The fraction of sp³-hybridized carbons (Fsp3) is 0.167. The van der Waals surface area contributed by atoms with Crippen molar-refractivity contribution in [3.05, 3.63) is 39.1 Å². The van der Waals surface area contributed by atoms with Crippen LogP contribution in [0.1, 0.15) is 5.56 Å². The first-order valence-electron chi connectivity index (χ1n) is 5.81. The predicted octanol–water partition coefficient (Wildman–Crippen LogP) is 3.55. The predicted molar refractivity (Wildman–Crippen MR) is 85.6 cm³/mol. The Morgan fingerprint density at radius 3 is 2.41 bits per heavy atom. The third-order valence-electron chi connectivity index (χ3n) is 2.71. The molecule has 22 heavy (non-hydrogen) atoms. The SMILES string of the molecule is COc1nc(Cl)c(Cl)nc1NS(=O)(=O)c1cccc(Cl)c1C. The van der Waals surface area contributed by atoms with Gasteiger partial charge in [-0.05, 0) is 24.6 Å². The van der Waals surface area contributed by atoms with Crippen LogP contribution < -0.4 is 9.46 Å². The van der Waals surface area contributed by atoms with Crippen LogP contribution in [0.3, 0.4) is 0 Å². The van der Waals surface area contributed by atoms with E-state index in [9.17, 15) is 8.42 Å². The molecule has 0 aliphatic rings. The number of aromatic nitrogens is 2. The van der Waals surface area contributed by atoms with Gasteiger partial charge in [-0.1, -0.05) is 40.9 Å². The van der Waals surface area contributed by atoms with Crippen molar-refractivity contribution in [3.8, 4) is 5.88 Å². The lowest BCUT2D eigenvalue weighted by atomic mass is 10.2. The molecule has 0 spiro atoms. The molecule has 2 rings (SSSR count). The largest absolute Gasteiger partial charge is 0.478 e. The molecular formula is C12H10Cl3N3O3S. The lowest BCUT2D eigenvalue weighted by molar-refractivity contribution is 0.398. The second-order valence-electron chi connectivity index (χ2n) is 4.13. The fourth-order valence-electron chi connectivity index (χ4n) is 1.65. The monoisotopic (exact) mass is 381 g/mol. The number of hydrogen-bond acceptors (Lipinski definition) is 5. The first kappa shape index (κ1) is 17.1. The zero-order valence-corrected chi connectivity index (χ0v) is 14.5. The van der Waals surface area contributed by atoms with Gasteiger partial charge in [0.25, 0.3) is 15.9 Å². The standard InChI is InChI=1S/C12H10Cl3N3O3S/c1-6-7(13)4-3-5-8(6)22(19,20)18-11-12(21-2)17-10(15)9(14)16-11/h3-5H,1-2H3,(H,16,18). The summed E-state index contributed by atoms with van der Waals surface area (Å²) < 4.78 is 32.1. The lowest BCUT2D eigenvalue weighted by Gasteiger charge is -2.12. The molecule has 0 radical (unpaired) electrons. The number of benzene rings is 1. The average molecular weight is 383 g/mol. The molecule has 6 nitrogen and oxygen atoms in total. The van der Waals surface area contributed by atoms with Crippen LogP contribution in [-0.4, -0.2) is 25.5 Å². The minimum Gasteiger partial charge on any atom is -0.478 e. The van der Waals surface area contributed by atoms with Crippen LogP contribution in [0.4, 0.5) is 5.82 Å². The average Bonchev–Trinajstić information content (AvgIpc) is 2.45. The number of nitrogens with one attached hydrogen (secondary N) is 1. The highest BCUT2D eigenvalue weighted by Gasteiger charge is 2.22. The smallest absolute Gasteiger partial charge is 0.263 e. The first-order chi connectivity index (χ1) is 10.3. The van der Waals surface area contributed by atoms with E-state index < -0.39 is 10.0 Å². The summed E-state index contributed by atoms with van der Waals surface area (Å²) >= 11 is 17.4. The molecule has 1 aromatic heterocycles. The molecule has 0 aliphatic carbocycles. The Bertz CT molecular complexity index is 828. The van der Waals surface area contributed by atoms with Crippen LogP contribution in [0.15, 0.2) is 23.1 Å². The third kappa shape index (κ3) is 3.38. The van der Waals surface area contributed by atoms with Crippen molar-refractivity contribution < 1.29 is 13.2 Å². The van der Waals surface area contributed by atoms with E-state index in [4.69, 9.17) is 39.5 Å².